The maximum Gasteiger partial charge on any atom is 0.250 e. The van der Waals surface area contributed by atoms with Gasteiger partial charge in [0.1, 0.15) is 4.21 Å². The van der Waals surface area contributed by atoms with E-state index in [-0.39, 0.29) is 0 Å². The van der Waals surface area contributed by atoms with Gasteiger partial charge in [0.2, 0.25) is 10.0 Å². The Hall–Kier alpha value is 0.270. The monoisotopic (exact) mass is 324 g/mol. The van der Waals surface area contributed by atoms with Crippen molar-refractivity contribution in [1.82, 2.24) is 4.72 Å². The van der Waals surface area contributed by atoms with Gasteiger partial charge in [-0.25, -0.2) is 13.1 Å². The van der Waals surface area contributed by atoms with Gasteiger partial charge in [0.05, 0.1) is 0 Å². The Labute approximate surface area is 120 Å². The lowest BCUT2D eigenvalue weighted by atomic mass is 10.4. The average Bonchev–Trinajstić information content (AvgIpc) is 2.87. The molecule has 8 heteroatoms. The van der Waals surface area contributed by atoms with Crippen LogP contribution in [0, 0.1) is 0 Å². The second kappa shape index (κ2) is 6.62. The number of thiophene rings is 1. The molecular formula is C10H16N2O2S4. The van der Waals surface area contributed by atoms with Crippen molar-refractivity contribution in [2.45, 2.75) is 16.0 Å². The fourth-order valence-electron chi connectivity index (χ4n) is 1.53. The molecule has 0 saturated carbocycles. The van der Waals surface area contributed by atoms with Crippen molar-refractivity contribution >= 4 is 44.9 Å². The summed E-state index contributed by atoms with van der Waals surface area (Å²) in [6.45, 7) is 0.886. The van der Waals surface area contributed by atoms with Crippen LogP contribution >= 0.6 is 34.9 Å². The standard InChI is InChI=1S/C10H16N2O2S4/c11-4-8-3-10(17-6-8)18(13,14)12-5-9-7-15-1-2-16-9/h3,6,9,12H,1-2,4-5,7,11H2. The molecule has 1 aromatic heterocycles. The van der Waals surface area contributed by atoms with Crippen molar-refractivity contribution < 1.29 is 8.42 Å². The van der Waals surface area contributed by atoms with Crippen LogP contribution in [0.15, 0.2) is 15.7 Å². The topological polar surface area (TPSA) is 72.2 Å². The molecule has 0 radical (unpaired) electrons. The summed E-state index contributed by atoms with van der Waals surface area (Å²) < 4.78 is 27.1. The van der Waals surface area contributed by atoms with E-state index < -0.39 is 10.0 Å². The van der Waals surface area contributed by atoms with Gasteiger partial charge in [-0.2, -0.15) is 23.5 Å². The second-order valence-electron chi connectivity index (χ2n) is 3.90. The predicted octanol–water partition coefficient (Wildman–Crippen LogP) is 1.33. The fraction of sp³-hybridized carbons (Fsp3) is 0.600. The minimum atomic E-state index is -3.36. The van der Waals surface area contributed by atoms with E-state index in [9.17, 15) is 8.42 Å². The van der Waals surface area contributed by atoms with Gasteiger partial charge in [-0.15, -0.1) is 11.3 Å². The third kappa shape index (κ3) is 3.88. The van der Waals surface area contributed by atoms with Gasteiger partial charge in [0.25, 0.3) is 0 Å². The van der Waals surface area contributed by atoms with Gasteiger partial charge < -0.3 is 5.73 Å². The van der Waals surface area contributed by atoms with Crippen LogP contribution in [0.4, 0.5) is 0 Å². The van der Waals surface area contributed by atoms with Gasteiger partial charge in [0, 0.05) is 35.6 Å². The van der Waals surface area contributed by atoms with E-state index in [0.717, 1.165) is 17.1 Å². The van der Waals surface area contributed by atoms with Crippen molar-refractivity contribution in [3.05, 3.63) is 17.0 Å². The van der Waals surface area contributed by atoms with Crippen LogP contribution < -0.4 is 10.5 Å². The molecule has 0 aromatic carbocycles. The minimum Gasteiger partial charge on any atom is -0.326 e. The van der Waals surface area contributed by atoms with E-state index in [1.165, 1.54) is 17.1 Å². The number of thioether (sulfide) groups is 2. The molecule has 3 N–H and O–H groups in total. The van der Waals surface area contributed by atoms with Gasteiger partial charge >= 0.3 is 0 Å². The highest BCUT2D eigenvalue weighted by Crippen LogP contribution is 2.24. The van der Waals surface area contributed by atoms with Crippen molar-refractivity contribution in [3.8, 4) is 0 Å². The second-order valence-corrected chi connectivity index (χ2v) is 9.36. The highest BCUT2D eigenvalue weighted by Gasteiger charge is 2.20. The maximum atomic E-state index is 12.0. The number of sulfonamides is 1. The first-order valence-electron chi connectivity index (χ1n) is 5.58. The molecule has 1 atom stereocenters. The van der Waals surface area contributed by atoms with Crippen molar-refractivity contribution in [2.75, 3.05) is 23.8 Å². The highest BCUT2D eigenvalue weighted by atomic mass is 32.2. The normalized spacial score (nSPS) is 21.1. The zero-order valence-electron chi connectivity index (χ0n) is 9.79. The van der Waals surface area contributed by atoms with Crippen LogP contribution in [0.3, 0.4) is 0 Å². The summed E-state index contributed by atoms with van der Waals surface area (Å²) in [4.78, 5) is 0. The molecule has 0 bridgehead atoms. The van der Waals surface area contributed by atoms with Crippen LogP contribution in [0.25, 0.3) is 0 Å². The lowest BCUT2D eigenvalue weighted by Crippen LogP contribution is -2.33. The Morgan fingerprint density at radius 2 is 2.28 bits per heavy atom. The summed E-state index contributed by atoms with van der Waals surface area (Å²) in [6.07, 6.45) is 0. The average molecular weight is 325 g/mol. The number of nitrogens with one attached hydrogen (secondary N) is 1. The van der Waals surface area contributed by atoms with E-state index in [1.54, 1.807) is 11.4 Å². The molecule has 18 heavy (non-hydrogen) atoms. The molecule has 2 heterocycles. The molecule has 1 unspecified atom stereocenters. The highest BCUT2D eigenvalue weighted by molar-refractivity contribution is 8.06. The summed E-state index contributed by atoms with van der Waals surface area (Å²) in [5, 5.41) is 2.17. The zero-order valence-corrected chi connectivity index (χ0v) is 13.1. The summed E-state index contributed by atoms with van der Waals surface area (Å²) in [5.74, 6) is 3.29. The fourth-order valence-corrected chi connectivity index (χ4v) is 6.60. The van der Waals surface area contributed by atoms with E-state index in [1.807, 2.05) is 23.5 Å². The molecule has 1 aliphatic heterocycles. The van der Waals surface area contributed by atoms with E-state index in [2.05, 4.69) is 4.72 Å². The quantitative estimate of drug-likeness (QED) is 0.855. The maximum absolute atomic E-state index is 12.0. The molecule has 1 aromatic rings. The predicted molar refractivity (Wildman–Crippen MR) is 81.0 cm³/mol. The first-order valence-corrected chi connectivity index (χ1v) is 10.1. The number of rotatable bonds is 5. The summed E-state index contributed by atoms with van der Waals surface area (Å²) >= 11 is 4.96. The smallest absolute Gasteiger partial charge is 0.250 e. The molecule has 0 spiro atoms. The lowest BCUT2D eigenvalue weighted by molar-refractivity contribution is 0.583. The number of nitrogens with two attached hydrogens (primary N) is 1. The van der Waals surface area contributed by atoms with E-state index >= 15 is 0 Å². The van der Waals surface area contributed by atoms with Crippen LogP contribution in [0.2, 0.25) is 0 Å². The Bertz CT molecular complexity index is 480. The Morgan fingerprint density at radius 3 is 2.89 bits per heavy atom. The molecule has 1 saturated heterocycles. The molecule has 0 amide bonds. The van der Waals surface area contributed by atoms with Crippen molar-refractivity contribution in [2.24, 2.45) is 5.73 Å². The van der Waals surface area contributed by atoms with E-state index in [0.29, 0.717) is 22.5 Å². The van der Waals surface area contributed by atoms with Crippen LogP contribution in [-0.4, -0.2) is 37.5 Å². The first kappa shape index (κ1) is 14.7. The van der Waals surface area contributed by atoms with Crippen molar-refractivity contribution in [1.29, 1.82) is 0 Å². The SMILES string of the molecule is NCc1csc(S(=O)(=O)NCC2CSCCS2)c1. The van der Waals surface area contributed by atoms with Gasteiger partial charge in [-0.05, 0) is 17.0 Å². The third-order valence-corrected chi connectivity index (χ3v) is 8.27. The van der Waals surface area contributed by atoms with E-state index in [4.69, 9.17) is 5.73 Å². The van der Waals surface area contributed by atoms with Gasteiger partial charge in [-0.3, -0.25) is 0 Å². The third-order valence-electron chi connectivity index (χ3n) is 2.52. The Balaban J connectivity index is 1.94. The summed E-state index contributed by atoms with van der Waals surface area (Å²) in [5.41, 5.74) is 6.35. The first-order chi connectivity index (χ1) is 8.62. The van der Waals surface area contributed by atoms with Crippen molar-refractivity contribution in [3.63, 3.8) is 0 Å². The molecule has 102 valence electrons. The molecule has 0 aliphatic carbocycles. The molecular weight excluding hydrogens is 308 g/mol. The van der Waals surface area contributed by atoms with Gasteiger partial charge in [-0.1, -0.05) is 0 Å². The van der Waals surface area contributed by atoms with Crippen LogP contribution in [0.1, 0.15) is 5.56 Å². The van der Waals surface area contributed by atoms with Crippen LogP contribution in [-0.2, 0) is 16.6 Å². The zero-order chi connectivity index (χ0) is 13.0. The largest absolute Gasteiger partial charge is 0.326 e. The lowest BCUT2D eigenvalue weighted by Gasteiger charge is -2.20. The summed E-state index contributed by atoms with van der Waals surface area (Å²) in [7, 11) is -3.36. The molecule has 1 aliphatic rings. The number of hydrogen-bond acceptors (Lipinski definition) is 6. The molecule has 2 rings (SSSR count). The number of hydrogen-bond donors (Lipinski definition) is 2. The van der Waals surface area contributed by atoms with Crippen LogP contribution in [0.5, 0.6) is 0 Å². The Morgan fingerprint density at radius 1 is 1.44 bits per heavy atom. The molecule has 4 nitrogen and oxygen atoms in total. The Kier molecular flexibility index (Phi) is 5.40. The van der Waals surface area contributed by atoms with Gasteiger partial charge in [0.15, 0.2) is 0 Å². The molecule has 1 fully saturated rings. The summed E-state index contributed by atoms with van der Waals surface area (Å²) in [6, 6.07) is 1.65. The minimum absolute atomic E-state index is 0.358.